The Kier molecular flexibility index (Phi) is 3.20. The Hall–Kier alpha value is -0.450. The second-order valence-electron chi connectivity index (χ2n) is 2.61. The molecule has 1 atom stereocenters. The molecular formula is C8H11BrN2O. The topological polar surface area (TPSA) is 59.1 Å². The lowest BCUT2D eigenvalue weighted by Gasteiger charge is -2.09. The molecule has 0 fully saturated rings. The van der Waals surface area contributed by atoms with E-state index < -0.39 is 6.10 Å². The van der Waals surface area contributed by atoms with Crippen molar-refractivity contribution in [3.63, 3.8) is 0 Å². The van der Waals surface area contributed by atoms with Gasteiger partial charge in [0.1, 0.15) is 6.10 Å². The van der Waals surface area contributed by atoms with Gasteiger partial charge in [-0.25, -0.2) is 0 Å². The molecule has 0 amide bonds. The van der Waals surface area contributed by atoms with E-state index in [1.165, 1.54) is 0 Å². The standard InChI is InChI=1S/C8H11BrN2O/c1-5-2-6(9)4-11-8(5)7(12)3-10/h2,4,7,12H,3,10H2,1H3. The molecule has 1 heterocycles. The van der Waals surface area contributed by atoms with Crippen molar-refractivity contribution in [1.82, 2.24) is 4.98 Å². The van der Waals surface area contributed by atoms with E-state index in [-0.39, 0.29) is 6.54 Å². The second-order valence-corrected chi connectivity index (χ2v) is 3.52. The third kappa shape index (κ3) is 2.03. The summed E-state index contributed by atoms with van der Waals surface area (Å²) < 4.78 is 0.910. The van der Waals surface area contributed by atoms with Gasteiger partial charge in [-0.15, -0.1) is 0 Å². The Balaban J connectivity index is 3.01. The summed E-state index contributed by atoms with van der Waals surface area (Å²) >= 11 is 3.29. The third-order valence-electron chi connectivity index (χ3n) is 1.62. The summed E-state index contributed by atoms with van der Waals surface area (Å²) in [5.74, 6) is 0. The largest absolute Gasteiger partial charge is 0.385 e. The number of aryl methyl sites for hydroxylation is 1. The maximum Gasteiger partial charge on any atom is 0.108 e. The van der Waals surface area contributed by atoms with E-state index in [0.717, 1.165) is 10.0 Å². The molecule has 0 aliphatic carbocycles. The van der Waals surface area contributed by atoms with E-state index in [4.69, 9.17) is 5.73 Å². The molecule has 12 heavy (non-hydrogen) atoms. The van der Waals surface area contributed by atoms with Crippen LogP contribution >= 0.6 is 15.9 Å². The van der Waals surface area contributed by atoms with Gasteiger partial charge in [-0.1, -0.05) is 0 Å². The van der Waals surface area contributed by atoms with Crippen molar-refractivity contribution in [1.29, 1.82) is 0 Å². The molecule has 0 aliphatic heterocycles. The highest BCUT2D eigenvalue weighted by Crippen LogP contribution is 2.17. The van der Waals surface area contributed by atoms with E-state index in [9.17, 15) is 5.11 Å². The van der Waals surface area contributed by atoms with Crippen molar-refractivity contribution in [2.24, 2.45) is 5.73 Å². The van der Waals surface area contributed by atoms with Gasteiger partial charge in [-0.2, -0.15) is 0 Å². The molecule has 1 aromatic heterocycles. The Morgan fingerprint density at radius 2 is 2.42 bits per heavy atom. The van der Waals surface area contributed by atoms with Crippen LogP contribution in [0.1, 0.15) is 17.4 Å². The minimum absolute atomic E-state index is 0.204. The number of hydrogen-bond acceptors (Lipinski definition) is 3. The predicted molar refractivity (Wildman–Crippen MR) is 50.7 cm³/mol. The van der Waals surface area contributed by atoms with Crippen LogP contribution in [0.5, 0.6) is 0 Å². The molecule has 0 spiro atoms. The van der Waals surface area contributed by atoms with E-state index in [1.807, 2.05) is 13.0 Å². The zero-order valence-corrected chi connectivity index (χ0v) is 8.37. The normalized spacial score (nSPS) is 13.0. The minimum atomic E-state index is -0.655. The molecule has 0 aromatic carbocycles. The van der Waals surface area contributed by atoms with Crippen LogP contribution in [0.2, 0.25) is 0 Å². The molecule has 1 unspecified atom stereocenters. The molecule has 4 heteroatoms. The average molecular weight is 231 g/mol. The van der Waals surface area contributed by atoms with Crippen LogP contribution < -0.4 is 5.73 Å². The van der Waals surface area contributed by atoms with Gasteiger partial charge in [-0.3, -0.25) is 4.98 Å². The van der Waals surface area contributed by atoms with Gasteiger partial charge < -0.3 is 10.8 Å². The Labute approximate surface area is 79.7 Å². The lowest BCUT2D eigenvalue weighted by molar-refractivity contribution is 0.181. The Morgan fingerprint density at radius 3 is 2.92 bits per heavy atom. The number of nitrogens with zero attached hydrogens (tertiary/aromatic N) is 1. The first-order valence-electron chi connectivity index (χ1n) is 3.65. The second kappa shape index (κ2) is 3.98. The molecule has 3 N–H and O–H groups in total. The van der Waals surface area contributed by atoms with Crippen LogP contribution in [0.25, 0.3) is 0 Å². The zero-order valence-electron chi connectivity index (χ0n) is 6.79. The van der Waals surface area contributed by atoms with Crippen LogP contribution in [0.3, 0.4) is 0 Å². The van der Waals surface area contributed by atoms with Gasteiger partial charge in [-0.05, 0) is 34.5 Å². The van der Waals surface area contributed by atoms with Gasteiger partial charge >= 0.3 is 0 Å². The van der Waals surface area contributed by atoms with E-state index >= 15 is 0 Å². The highest BCUT2D eigenvalue weighted by Gasteiger charge is 2.09. The van der Waals surface area contributed by atoms with Crippen molar-refractivity contribution in [3.8, 4) is 0 Å². The molecule has 1 aromatic rings. The van der Waals surface area contributed by atoms with E-state index in [0.29, 0.717) is 5.69 Å². The van der Waals surface area contributed by atoms with Crippen LogP contribution in [-0.2, 0) is 0 Å². The molecule has 66 valence electrons. The van der Waals surface area contributed by atoms with Crippen molar-refractivity contribution < 1.29 is 5.11 Å². The van der Waals surface area contributed by atoms with Crippen molar-refractivity contribution >= 4 is 15.9 Å². The fourth-order valence-corrected chi connectivity index (χ4v) is 1.46. The summed E-state index contributed by atoms with van der Waals surface area (Å²) in [6, 6.07) is 1.90. The summed E-state index contributed by atoms with van der Waals surface area (Å²) in [6.07, 6.45) is 0.999. The molecule has 0 radical (unpaired) electrons. The summed E-state index contributed by atoms with van der Waals surface area (Å²) in [7, 11) is 0. The fraction of sp³-hybridized carbons (Fsp3) is 0.375. The lowest BCUT2D eigenvalue weighted by Crippen LogP contribution is -2.14. The smallest absolute Gasteiger partial charge is 0.108 e. The number of rotatable bonds is 2. The third-order valence-corrected chi connectivity index (χ3v) is 2.06. The van der Waals surface area contributed by atoms with Gasteiger partial charge in [0.25, 0.3) is 0 Å². The Bertz CT molecular complexity index is 278. The number of aliphatic hydroxyl groups is 1. The van der Waals surface area contributed by atoms with Crippen molar-refractivity contribution in [3.05, 3.63) is 28.0 Å². The zero-order chi connectivity index (χ0) is 9.14. The first-order chi connectivity index (χ1) is 5.65. The van der Waals surface area contributed by atoms with Crippen molar-refractivity contribution in [2.75, 3.05) is 6.54 Å². The summed E-state index contributed by atoms with van der Waals surface area (Å²) in [6.45, 7) is 2.10. The van der Waals surface area contributed by atoms with Gasteiger partial charge in [0.2, 0.25) is 0 Å². The van der Waals surface area contributed by atoms with Crippen LogP contribution in [-0.4, -0.2) is 16.6 Å². The average Bonchev–Trinajstić information content (AvgIpc) is 2.03. The quantitative estimate of drug-likeness (QED) is 0.802. The number of hydrogen-bond donors (Lipinski definition) is 2. The molecule has 3 nitrogen and oxygen atoms in total. The van der Waals surface area contributed by atoms with Gasteiger partial charge in [0, 0.05) is 17.2 Å². The maximum absolute atomic E-state index is 9.40. The predicted octanol–water partition coefficient (Wildman–Crippen LogP) is 1.14. The minimum Gasteiger partial charge on any atom is -0.385 e. The summed E-state index contributed by atoms with van der Waals surface area (Å²) in [4.78, 5) is 4.07. The Morgan fingerprint density at radius 1 is 1.75 bits per heavy atom. The van der Waals surface area contributed by atoms with E-state index in [1.54, 1.807) is 6.20 Å². The molecule has 0 aliphatic rings. The van der Waals surface area contributed by atoms with Crippen LogP contribution in [0.4, 0.5) is 0 Å². The van der Waals surface area contributed by atoms with E-state index in [2.05, 4.69) is 20.9 Å². The fourth-order valence-electron chi connectivity index (χ4n) is 1.01. The number of halogens is 1. The number of aliphatic hydroxyl groups excluding tert-OH is 1. The first kappa shape index (κ1) is 9.64. The molecule has 1 rings (SSSR count). The molecule has 0 saturated carbocycles. The van der Waals surface area contributed by atoms with Crippen LogP contribution in [0.15, 0.2) is 16.7 Å². The molecular weight excluding hydrogens is 220 g/mol. The van der Waals surface area contributed by atoms with Gasteiger partial charge in [0.15, 0.2) is 0 Å². The molecule has 0 saturated heterocycles. The molecule has 0 bridgehead atoms. The lowest BCUT2D eigenvalue weighted by atomic mass is 10.1. The summed E-state index contributed by atoms with van der Waals surface area (Å²) in [5.41, 5.74) is 6.91. The highest BCUT2D eigenvalue weighted by atomic mass is 79.9. The SMILES string of the molecule is Cc1cc(Br)cnc1C(O)CN. The number of nitrogens with two attached hydrogens (primary N) is 1. The summed E-state index contributed by atoms with van der Waals surface area (Å²) in [5, 5.41) is 9.40. The maximum atomic E-state index is 9.40. The monoisotopic (exact) mass is 230 g/mol. The highest BCUT2D eigenvalue weighted by molar-refractivity contribution is 9.10. The number of aromatic nitrogens is 1. The van der Waals surface area contributed by atoms with Crippen molar-refractivity contribution in [2.45, 2.75) is 13.0 Å². The first-order valence-corrected chi connectivity index (χ1v) is 4.44. The number of pyridine rings is 1. The van der Waals surface area contributed by atoms with Gasteiger partial charge in [0.05, 0.1) is 5.69 Å². The van der Waals surface area contributed by atoms with Crippen LogP contribution in [0, 0.1) is 6.92 Å².